The van der Waals surface area contributed by atoms with Crippen molar-refractivity contribution >= 4 is 27.5 Å². The van der Waals surface area contributed by atoms with Crippen LogP contribution in [0.15, 0.2) is 42.5 Å². The molecule has 0 radical (unpaired) electrons. The molecule has 0 saturated heterocycles. The first-order valence-electron chi connectivity index (χ1n) is 11.5. The van der Waals surface area contributed by atoms with E-state index in [0.29, 0.717) is 12.2 Å². The van der Waals surface area contributed by atoms with Crippen LogP contribution < -0.4 is 19.1 Å². The third-order valence-corrected chi connectivity index (χ3v) is 6.94. The minimum absolute atomic E-state index is 0.135. The molecule has 0 saturated carbocycles. The van der Waals surface area contributed by atoms with Crippen LogP contribution in [0.25, 0.3) is 0 Å². The SMILES string of the molecule is CC[C@@H](C)NC(=O)[C@@H](C)N(Cc1ccccc1F)C(=O)CN(c1ccc(OC)c(OC)c1)S(C)(=O)=O. The molecule has 198 valence electrons. The van der Waals surface area contributed by atoms with Crippen LogP contribution in [-0.2, 0) is 26.2 Å². The smallest absolute Gasteiger partial charge is 0.244 e. The van der Waals surface area contributed by atoms with E-state index in [2.05, 4.69) is 5.32 Å². The molecule has 36 heavy (non-hydrogen) atoms. The van der Waals surface area contributed by atoms with E-state index in [-0.39, 0.29) is 29.6 Å². The molecule has 11 heteroatoms. The Bertz CT molecular complexity index is 1170. The topological polar surface area (TPSA) is 105 Å². The molecule has 2 amide bonds. The van der Waals surface area contributed by atoms with Gasteiger partial charge in [-0.05, 0) is 38.5 Å². The molecular weight excluding hydrogens is 489 g/mol. The molecule has 0 bridgehead atoms. The number of amides is 2. The van der Waals surface area contributed by atoms with Crippen molar-refractivity contribution in [1.82, 2.24) is 10.2 Å². The maximum absolute atomic E-state index is 14.4. The van der Waals surface area contributed by atoms with Gasteiger partial charge in [-0.25, -0.2) is 12.8 Å². The second-order valence-corrected chi connectivity index (χ2v) is 10.3. The van der Waals surface area contributed by atoms with Gasteiger partial charge in [0.1, 0.15) is 18.4 Å². The molecule has 0 spiro atoms. The highest BCUT2D eigenvalue weighted by Crippen LogP contribution is 2.32. The fourth-order valence-corrected chi connectivity index (χ4v) is 4.29. The molecule has 2 aromatic rings. The summed E-state index contributed by atoms with van der Waals surface area (Å²) in [5, 5.41) is 2.82. The number of nitrogens with zero attached hydrogens (tertiary/aromatic N) is 2. The molecular formula is C25H34FN3O6S. The largest absolute Gasteiger partial charge is 0.493 e. The monoisotopic (exact) mass is 523 g/mol. The van der Waals surface area contributed by atoms with Crippen LogP contribution in [0, 0.1) is 5.82 Å². The summed E-state index contributed by atoms with van der Waals surface area (Å²) in [5.41, 5.74) is 0.372. The van der Waals surface area contributed by atoms with Gasteiger partial charge in [0.05, 0.1) is 26.2 Å². The summed E-state index contributed by atoms with van der Waals surface area (Å²) < 4.78 is 51.2. The zero-order valence-corrected chi connectivity index (χ0v) is 22.3. The van der Waals surface area contributed by atoms with E-state index >= 15 is 0 Å². The Hall–Kier alpha value is -3.34. The maximum Gasteiger partial charge on any atom is 0.244 e. The van der Waals surface area contributed by atoms with Gasteiger partial charge in [-0.15, -0.1) is 0 Å². The van der Waals surface area contributed by atoms with Gasteiger partial charge in [0, 0.05) is 24.2 Å². The highest BCUT2D eigenvalue weighted by atomic mass is 32.2. The molecule has 1 N–H and O–H groups in total. The van der Waals surface area contributed by atoms with Crippen molar-refractivity contribution in [3.63, 3.8) is 0 Å². The zero-order valence-electron chi connectivity index (χ0n) is 21.4. The minimum Gasteiger partial charge on any atom is -0.493 e. The van der Waals surface area contributed by atoms with Gasteiger partial charge in [0.15, 0.2) is 11.5 Å². The standard InChI is InChI=1S/C25H34FN3O6S/c1-7-17(2)27-25(31)18(3)28(15-19-10-8-9-11-21(19)26)24(30)16-29(36(6,32)33)20-12-13-22(34-4)23(14-20)35-5/h8-14,17-18H,7,15-16H2,1-6H3,(H,27,31)/t17-,18-/m1/s1. The summed E-state index contributed by atoms with van der Waals surface area (Å²) in [6.07, 6.45) is 1.65. The Balaban J connectivity index is 2.45. The van der Waals surface area contributed by atoms with Crippen LogP contribution >= 0.6 is 0 Å². The average molecular weight is 524 g/mol. The number of carbonyl (C=O) groups is 2. The van der Waals surface area contributed by atoms with Crippen LogP contribution in [0.2, 0.25) is 0 Å². The second kappa shape index (κ2) is 12.6. The molecule has 0 aliphatic carbocycles. The maximum atomic E-state index is 14.4. The van der Waals surface area contributed by atoms with Crippen LogP contribution in [-0.4, -0.2) is 64.2 Å². The van der Waals surface area contributed by atoms with Crippen LogP contribution in [0.1, 0.15) is 32.8 Å². The van der Waals surface area contributed by atoms with E-state index < -0.39 is 40.2 Å². The number of ether oxygens (including phenoxy) is 2. The molecule has 9 nitrogen and oxygen atoms in total. The fourth-order valence-electron chi connectivity index (χ4n) is 3.45. The van der Waals surface area contributed by atoms with Crippen molar-refractivity contribution in [2.75, 3.05) is 31.3 Å². The van der Waals surface area contributed by atoms with Crippen LogP contribution in [0.4, 0.5) is 10.1 Å². The van der Waals surface area contributed by atoms with E-state index in [4.69, 9.17) is 9.47 Å². The Labute approximate surface area is 212 Å². The number of anilines is 1. The van der Waals surface area contributed by atoms with Crippen molar-refractivity contribution in [2.45, 2.75) is 45.8 Å². The van der Waals surface area contributed by atoms with Crippen molar-refractivity contribution in [3.8, 4) is 11.5 Å². The summed E-state index contributed by atoms with van der Waals surface area (Å²) in [6.45, 7) is 4.44. The van der Waals surface area contributed by atoms with Crippen LogP contribution in [0.3, 0.4) is 0 Å². The van der Waals surface area contributed by atoms with E-state index in [1.807, 2.05) is 13.8 Å². The number of hydrogen-bond donors (Lipinski definition) is 1. The third kappa shape index (κ3) is 7.33. The van der Waals surface area contributed by atoms with E-state index in [9.17, 15) is 22.4 Å². The Kier molecular flexibility index (Phi) is 10.1. The lowest BCUT2D eigenvalue weighted by Gasteiger charge is -2.32. The van der Waals surface area contributed by atoms with Crippen molar-refractivity contribution in [2.24, 2.45) is 0 Å². The van der Waals surface area contributed by atoms with Gasteiger partial charge in [-0.2, -0.15) is 0 Å². The number of sulfonamides is 1. The van der Waals surface area contributed by atoms with Gasteiger partial charge >= 0.3 is 0 Å². The fraction of sp³-hybridized carbons (Fsp3) is 0.440. The summed E-state index contributed by atoms with van der Waals surface area (Å²) in [7, 11) is -1.07. The molecule has 2 atom stereocenters. The first-order chi connectivity index (χ1) is 16.9. The normalized spacial score (nSPS) is 12.9. The summed E-state index contributed by atoms with van der Waals surface area (Å²) in [5.74, 6) is -0.973. The number of methoxy groups -OCH3 is 2. The van der Waals surface area contributed by atoms with Gasteiger partial charge in [-0.3, -0.25) is 13.9 Å². The highest BCUT2D eigenvalue weighted by Gasteiger charge is 2.31. The Morgan fingerprint density at radius 2 is 1.69 bits per heavy atom. The van der Waals surface area contributed by atoms with Crippen LogP contribution in [0.5, 0.6) is 11.5 Å². The molecule has 2 rings (SSSR count). The molecule has 0 aliphatic heterocycles. The lowest BCUT2D eigenvalue weighted by atomic mass is 10.1. The van der Waals surface area contributed by atoms with Gasteiger partial charge < -0.3 is 19.7 Å². The number of carbonyl (C=O) groups excluding carboxylic acids is 2. The Morgan fingerprint density at radius 3 is 2.25 bits per heavy atom. The average Bonchev–Trinajstić information content (AvgIpc) is 2.84. The quantitative estimate of drug-likeness (QED) is 0.459. The molecule has 0 heterocycles. The number of halogens is 1. The lowest BCUT2D eigenvalue weighted by Crippen LogP contribution is -2.52. The minimum atomic E-state index is -3.93. The van der Waals surface area contributed by atoms with E-state index in [1.54, 1.807) is 6.07 Å². The zero-order chi connectivity index (χ0) is 27.0. The summed E-state index contributed by atoms with van der Waals surface area (Å²) >= 11 is 0. The molecule has 0 unspecified atom stereocenters. The van der Waals surface area contributed by atoms with Gasteiger partial charge in [0.25, 0.3) is 0 Å². The van der Waals surface area contributed by atoms with Crippen molar-refractivity contribution < 1.29 is 31.9 Å². The van der Waals surface area contributed by atoms with Gasteiger partial charge in [0.2, 0.25) is 21.8 Å². The number of nitrogens with one attached hydrogen (secondary N) is 1. The van der Waals surface area contributed by atoms with E-state index in [0.717, 1.165) is 10.6 Å². The summed E-state index contributed by atoms with van der Waals surface area (Å²) in [4.78, 5) is 27.6. The highest BCUT2D eigenvalue weighted by molar-refractivity contribution is 7.92. The number of benzene rings is 2. The predicted molar refractivity (Wildman–Crippen MR) is 136 cm³/mol. The predicted octanol–water partition coefficient (Wildman–Crippen LogP) is 2.94. The Morgan fingerprint density at radius 1 is 1.06 bits per heavy atom. The van der Waals surface area contributed by atoms with Crippen molar-refractivity contribution in [1.29, 1.82) is 0 Å². The molecule has 0 fully saturated rings. The van der Waals surface area contributed by atoms with Crippen molar-refractivity contribution in [3.05, 3.63) is 53.8 Å². The first-order valence-corrected chi connectivity index (χ1v) is 13.3. The first kappa shape index (κ1) is 28.9. The van der Waals surface area contributed by atoms with Gasteiger partial charge in [-0.1, -0.05) is 25.1 Å². The summed E-state index contributed by atoms with van der Waals surface area (Å²) in [6, 6.07) is 9.23. The third-order valence-electron chi connectivity index (χ3n) is 5.80. The molecule has 2 aromatic carbocycles. The number of hydrogen-bond acceptors (Lipinski definition) is 6. The lowest BCUT2D eigenvalue weighted by molar-refractivity contribution is -0.139. The van der Waals surface area contributed by atoms with E-state index in [1.165, 1.54) is 62.4 Å². The number of rotatable bonds is 12. The molecule has 0 aliphatic rings. The molecule has 0 aromatic heterocycles. The second-order valence-electron chi connectivity index (χ2n) is 8.42.